The molecule has 0 N–H and O–H groups in total. The smallest absolute Gasteiger partial charge is 0.167 e. The summed E-state index contributed by atoms with van der Waals surface area (Å²) < 4.78 is 2.07. The first-order valence-electron chi connectivity index (χ1n) is 2.78. The Morgan fingerprint density at radius 3 is 2.56 bits per heavy atom. The average molecular weight is 142 g/mol. The molecule has 2 nitrogen and oxygen atoms in total. The highest BCUT2D eigenvalue weighted by Crippen LogP contribution is 2.11. The monoisotopic (exact) mass is 142 g/mol. The second-order valence-corrected chi connectivity index (χ2v) is 2.72. The van der Waals surface area contributed by atoms with Gasteiger partial charge in [0.25, 0.3) is 0 Å². The highest BCUT2D eigenvalue weighted by atomic mass is 32.2. The van der Waals surface area contributed by atoms with Gasteiger partial charge < -0.3 is 4.57 Å². The summed E-state index contributed by atoms with van der Waals surface area (Å²) in [4.78, 5) is 4.16. The van der Waals surface area contributed by atoms with Crippen molar-refractivity contribution in [3.8, 4) is 0 Å². The number of hydrogen-bond acceptors (Lipinski definition) is 2. The topological polar surface area (TPSA) is 17.8 Å². The minimum atomic E-state index is 1.08. The van der Waals surface area contributed by atoms with E-state index in [1.54, 1.807) is 11.8 Å². The molecular weight excluding hydrogens is 132 g/mol. The molecule has 1 aromatic heterocycles. The molecule has 50 valence electrons. The molecule has 0 fully saturated rings. The molecule has 0 atom stereocenters. The number of hydrogen-bond donors (Lipinski definition) is 0. The molecule has 0 saturated carbocycles. The van der Waals surface area contributed by atoms with Crippen molar-refractivity contribution >= 4 is 11.8 Å². The van der Waals surface area contributed by atoms with Gasteiger partial charge in [0.2, 0.25) is 0 Å². The molecule has 0 aliphatic carbocycles. The summed E-state index contributed by atoms with van der Waals surface area (Å²) in [5.41, 5.74) is 1.21. The highest BCUT2D eigenvalue weighted by Gasteiger charge is 1.97. The summed E-state index contributed by atoms with van der Waals surface area (Å²) in [6, 6.07) is 0. The Kier molecular flexibility index (Phi) is 1.81. The SMILES string of the molecule is CSc1ncc(C)n1C. The molecule has 1 rings (SSSR count). The number of thioether (sulfide) groups is 1. The standard InChI is InChI=1S/C6H10N2S/c1-5-4-7-6(9-3)8(5)2/h4H,1-3H3. The van der Waals surface area contributed by atoms with Crippen LogP contribution in [0, 0.1) is 6.92 Å². The normalized spacial score (nSPS) is 10.1. The third-order valence-electron chi connectivity index (χ3n) is 1.36. The summed E-state index contributed by atoms with van der Waals surface area (Å²) in [5, 5.41) is 1.08. The van der Waals surface area contributed by atoms with Crippen LogP contribution in [0.4, 0.5) is 0 Å². The third kappa shape index (κ3) is 1.10. The Balaban J connectivity index is 3.04. The molecule has 1 heterocycles. The van der Waals surface area contributed by atoms with Crippen LogP contribution in [0.15, 0.2) is 11.4 Å². The van der Waals surface area contributed by atoms with Gasteiger partial charge in [-0.3, -0.25) is 0 Å². The fourth-order valence-electron chi connectivity index (χ4n) is 0.662. The van der Waals surface area contributed by atoms with E-state index in [0.29, 0.717) is 0 Å². The molecule has 0 radical (unpaired) electrons. The maximum absolute atomic E-state index is 4.16. The minimum Gasteiger partial charge on any atom is -0.327 e. The van der Waals surface area contributed by atoms with E-state index in [2.05, 4.69) is 9.55 Å². The first kappa shape index (κ1) is 6.68. The Morgan fingerprint density at radius 2 is 2.33 bits per heavy atom. The van der Waals surface area contributed by atoms with E-state index in [1.165, 1.54) is 5.69 Å². The van der Waals surface area contributed by atoms with Gasteiger partial charge in [0.05, 0.1) is 0 Å². The molecule has 0 saturated heterocycles. The highest BCUT2D eigenvalue weighted by molar-refractivity contribution is 7.98. The molecule has 0 unspecified atom stereocenters. The molecule has 0 aliphatic heterocycles. The van der Waals surface area contributed by atoms with Gasteiger partial charge in [-0.1, -0.05) is 11.8 Å². The zero-order chi connectivity index (χ0) is 6.85. The van der Waals surface area contributed by atoms with Crippen LogP contribution in [0.2, 0.25) is 0 Å². The average Bonchev–Trinajstić information content (AvgIpc) is 2.15. The fraction of sp³-hybridized carbons (Fsp3) is 0.500. The molecule has 0 aromatic carbocycles. The zero-order valence-corrected chi connectivity index (χ0v) is 6.70. The Morgan fingerprint density at radius 1 is 1.67 bits per heavy atom. The van der Waals surface area contributed by atoms with E-state index in [4.69, 9.17) is 0 Å². The van der Waals surface area contributed by atoms with Crippen LogP contribution in [-0.4, -0.2) is 15.8 Å². The van der Waals surface area contributed by atoms with Gasteiger partial charge in [0.1, 0.15) is 0 Å². The number of nitrogens with zero attached hydrogens (tertiary/aromatic N) is 2. The summed E-state index contributed by atoms with van der Waals surface area (Å²) in [7, 11) is 2.02. The van der Waals surface area contributed by atoms with Crippen molar-refractivity contribution in [1.29, 1.82) is 0 Å². The summed E-state index contributed by atoms with van der Waals surface area (Å²) in [6.45, 7) is 2.05. The van der Waals surface area contributed by atoms with Crippen molar-refractivity contribution in [3.63, 3.8) is 0 Å². The van der Waals surface area contributed by atoms with E-state index in [9.17, 15) is 0 Å². The van der Waals surface area contributed by atoms with Crippen molar-refractivity contribution in [2.45, 2.75) is 12.1 Å². The van der Waals surface area contributed by atoms with Crippen LogP contribution in [0.3, 0.4) is 0 Å². The van der Waals surface area contributed by atoms with E-state index in [1.807, 2.05) is 26.4 Å². The van der Waals surface area contributed by atoms with Gasteiger partial charge in [-0.2, -0.15) is 0 Å². The molecule has 9 heavy (non-hydrogen) atoms. The van der Waals surface area contributed by atoms with Gasteiger partial charge in [0.15, 0.2) is 5.16 Å². The largest absolute Gasteiger partial charge is 0.327 e. The lowest BCUT2D eigenvalue weighted by Crippen LogP contribution is -1.91. The Labute approximate surface area is 59.3 Å². The lowest BCUT2D eigenvalue weighted by molar-refractivity contribution is 0.767. The predicted molar refractivity (Wildman–Crippen MR) is 39.7 cm³/mol. The van der Waals surface area contributed by atoms with Crippen LogP contribution >= 0.6 is 11.8 Å². The lowest BCUT2D eigenvalue weighted by atomic mass is 10.5. The number of imidazole rings is 1. The Bertz CT molecular complexity index is 205. The molecular formula is C6H10N2S. The van der Waals surface area contributed by atoms with Crippen molar-refractivity contribution < 1.29 is 0 Å². The van der Waals surface area contributed by atoms with Crippen LogP contribution in [0.25, 0.3) is 0 Å². The first-order chi connectivity index (χ1) is 4.25. The number of rotatable bonds is 1. The summed E-state index contributed by atoms with van der Waals surface area (Å²) >= 11 is 1.67. The van der Waals surface area contributed by atoms with Crippen molar-refractivity contribution in [3.05, 3.63) is 11.9 Å². The Hall–Kier alpha value is -0.440. The summed E-state index contributed by atoms with van der Waals surface area (Å²) in [5.74, 6) is 0. The second kappa shape index (κ2) is 2.43. The quantitative estimate of drug-likeness (QED) is 0.552. The van der Waals surface area contributed by atoms with Gasteiger partial charge in [-0.25, -0.2) is 4.98 Å². The molecule has 0 amide bonds. The zero-order valence-electron chi connectivity index (χ0n) is 5.88. The van der Waals surface area contributed by atoms with Gasteiger partial charge >= 0.3 is 0 Å². The minimum absolute atomic E-state index is 1.08. The van der Waals surface area contributed by atoms with E-state index in [-0.39, 0.29) is 0 Å². The maximum atomic E-state index is 4.16. The molecule has 0 bridgehead atoms. The molecule has 0 aliphatic rings. The third-order valence-corrected chi connectivity index (χ3v) is 2.10. The van der Waals surface area contributed by atoms with Crippen LogP contribution in [0.1, 0.15) is 5.69 Å². The number of aromatic nitrogens is 2. The molecule has 3 heteroatoms. The van der Waals surface area contributed by atoms with Gasteiger partial charge in [-0.15, -0.1) is 0 Å². The van der Waals surface area contributed by atoms with Crippen LogP contribution < -0.4 is 0 Å². The number of aryl methyl sites for hydroxylation is 1. The maximum Gasteiger partial charge on any atom is 0.167 e. The van der Waals surface area contributed by atoms with Crippen LogP contribution in [0.5, 0.6) is 0 Å². The lowest BCUT2D eigenvalue weighted by Gasteiger charge is -1.96. The second-order valence-electron chi connectivity index (χ2n) is 1.95. The van der Waals surface area contributed by atoms with Crippen molar-refractivity contribution in [1.82, 2.24) is 9.55 Å². The van der Waals surface area contributed by atoms with Gasteiger partial charge in [0, 0.05) is 18.9 Å². The van der Waals surface area contributed by atoms with E-state index in [0.717, 1.165) is 5.16 Å². The first-order valence-corrected chi connectivity index (χ1v) is 4.00. The van der Waals surface area contributed by atoms with Crippen molar-refractivity contribution in [2.75, 3.05) is 6.26 Å². The van der Waals surface area contributed by atoms with E-state index >= 15 is 0 Å². The predicted octanol–water partition coefficient (Wildman–Crippen LogP) is 1.45. The molecule has 1 aromatic rings. The van der Waals surface area contributed by atoms with Crippen LogP contribution in [-0.2, 0) is 7.05 Å². The molecule has 0 spiro atoms. The fourth-order valence-corrected chi connectivity index (χ4v) is 1.24. The summed E-state index contributed by atoms with van der Waals surface area (Å²) in [6.07, 6.45) is 3.91. The van der Waals surface area contributed by atoms with Crippen molar-refractivity contribution in [2.24, 2.45) is 7.05 Å². The van der Waals surface area contributed by atoms with Gasteiger partial charge in [-0.05, 0) is 13.2 Å². The van der Waals surface area contributed by atoms with E-state index < -0.39 is 0 Å².